The van der Waals surface area contributed by atoms with E-state index in [9.17, 15) is 5.11 Å². The highest BCUT2D eigenvalue weighted by Gasteiger charge is 2.26. The van der Waals surface area contributed by atoms with Crippen molar-refractivity contribution in [3.05, 3.63) is 16.6 Å². The molecule has 0 aromatic carbocycles. The molecule has 1 aliphatic carbocycles. The average molecular weight is 253 g/mol. The lowest BCUT2D eigenvalue weighted by molar-refractivity contribution is 0.0728. The molecule has 3 heteroatoms. The normalized spacial score (nSPS) is 26.9. The van der Waals surface area contributed by atoms with E-state index in [1.165, 1.54) is 38.5 Å². The van der Waals surface area contributed by atoms with Gasteiger partial charge in [-0.3, -0.25) is 0 Å². The van der Waals surface area contributed by atoms with E-state index in [1.54, 1.807) is 11.3 Å². The summed E-state index contributed by atoms with van der Waals surface area (Å²) in [6.07, 6.45) is 10.1. The second kappa shape index (κ2) is 6.50. The Kier molecular flexibility index (Phi) is 4.99. The van der Waals surface area contributed by atoms with Gasteiger partial charge in [0.1, 0.15) is 0 Å². The van der Waals surface area contributed by atoms with Crippen LogP contribution in [-0.4, -0.2) is 16.2 Å². The van der Waals surface area contributed by atoms with Crippen molar-refractivity contribution < 1.29 is 5.11 Å². The summed E-state index contributed by atoms with van der Waals surface area (Å²) in [5.41, 5.74) is 0. The molecular weight excluding hydrogens is 230 g/mol. The minimum atomic E-state index is -0.177. The molecule has 0 radical (unpaired) electrons. The Morgan fingerprint density at radius 3 is 2.76 bits per heavy atom. The van der Waals surface area contributed by atoms with Crippen LogP contribution in [0.1, 0.15) is 50.5 Å². The number of aliphatic hydroxyl groups excluding tert-OH is 1. The summed E-state index contributed by atoms with van der Waals surface area (Å²) in [4.78, 5) is 4.25. The number of hydrogen-bond acceptors (Lipinski definition) is 3. The zero-order valence-electron chi connectivity index (χ0n) is 10.6. The summed E-state index contributed by atoms with van der Waals surface area (Å²) >= 11 is 1.65. The van der Waals surface area contributed by atoms with Gasteiger partial charge in [-0.15, -0.1) is 11.3 Å². The monoisotopic (exact) mass is 253 g/mol. The van der Waals surface area contributed by atoms with Crippen LogP contribution in [0, 0.1) is 11.8 Å². The molecule has 1 heterocycles. The van der Waals surface area contributed by atoms with Crippen molar-refractivity contribution in [3.8, 4) is 0 Å². The van der Waals surface area contributed by atoms with Gasteiger partial charge in [-0.2, -0.15) is 0 Å². The van der Waals surface area contributed by atoms with Crippen LogP contribution in [0.4, 0.5) is 0 Å². The van der Waals surface area contributed by atoms with Crippen molar-refractivity contribution in [2.45, 2.75) is 58.0 Å². The number of nitrogens with zero attached hydrogens (tertiary/aromatic N) is 1. The molecule has 1 aliphatic rings. The zero-order chi connectivity index (χ0) is 12.1. The fourth-order valence-corrected chi connectivity index (χ4v) is 3.64. The van der Waals surface area contributed by atoms with Crippen molar-refractivity contribution in [1.82, 2.24) is 4.98 Å². The molecule has 1 unspecified atom stereocenters. The molecule has 2 nitrogen and oxygen atoms in total. The highest BCUT2D eigenvalue weighted by atomic mass is 32.1. The predicted molar refractivity (Wildman–Crippen MR) is 72.2 cm³/mol. The van der Waals surface area contributed by atoms with Crippen molar-refractivity contribution in [2.75, 3.05) is 0 Å². The number of hydrogen-bond donors (Lipinski definition) is 1. The molecule has 0 amide bonds. The van der Waals surface area contributed by atoms with E-state index in [0.29, 0.717) is 5.92 Å². The quantitative estimate of drug-likeness (QED) is 0.869. The third kappa shape index (κ3) is 3.78. The largest absolute Gasteiger partial charge is 0.392 e. The van der Waals surface area contributed by atoms with Crippen molar-refractivity contribution >= 4 is 11.3 Å². The lowest BCUT2D eigenvalue weighted by atomic mass is 9.77. The van der Waals surface area contributed by atoms with E-state index in [0.717, 1.165) is 17.3 Å². The van der Waals surface area contributed by atoms with E-state index in [4.69, 9.17) is 0 Å². The fraction of sp³-hybridized carbons (Fsp3) is 0.786. The predicted octanol–water partition coefficient (Wildman–Crippen LogP) is 3.65. The van der Waals surface area contributed by atoms with E-state index in [1.807, 2.05) is 11.6 Å². The third-order valence-corrected chi connectivity index (χ3v) is 4.80. The molecule has 96 valence electrons. The maximum absolute atomic E-state index is 10.2. The Labute approximate surface area is 108 Å². The molecule has 1 aromatic heterocycles. The van der Waals surface area contributed by atoms with Gasteiger partial charge < -0.3 is 5.11 Å². The standard InChI is InChI=1S/C14H23NOS/c1-2-3-11-4-6-12(7-5-11)13(16)10-14-15-8-9-17-14/h8-9,11-13,16H,2-7,10H2,1H3. The first-order valence-electron chi connectivity index (χ1n) is 6.86. The summed E-state index contributed by atoms with van der Waals surface area (Å²) in [6, 6.07) is 0. The van der Waals surface area contributed by atoms with Gasteiger partial charge in [-0.05, 0) is 24.7 Å². The van der Waals surface area contributed by atoms with Gasteiger partial charge >= 0.3 is 0 Å². The topological polar surface area (TPSA) is 33.1 Å². The Balaban J connectivity index is 1.76. The molecule has 1 saturated carbocycles. The van der Waals surface area contributed by atoms with Gasteiger partial charge in [0.05, 0.1) is 11.1 Å². The van der Waals surface area contributed by atoms with Gasteiger partial charge in [-0.1, -0.05) is 32.6 Å². The molecule has 2 rings (SSSR count). The smallest absolute Gasteiger partial charge is 0.0950 e. The summed E-state index contributed by atoms with van der Waals surface area (Å²) in [5.74, 6) is 1.43. The Bertz CT molecular complexity index is 304. The molecular formula is C14H23NOS. The number of aromatic nitrogens is 1. The van der Waals surface area contributed by atoms with Crippen LogP contribution in [-0.2, 0) is 6.42 Å². The molecule has 1 atom stereocenters. The first-order chi connectivity index (χ1) is 8.29. The van der Waals surface area contributed by atoms with Gasteiger partial charge in [0.15, 0.2) is 0 Å². The molecule has 1 aromatic rings. The summed E-state index contributed by atoms with van der Waals surface area (Å²) < 4.78 is 0. The van der Waals surface area contributed by atoms with Crippen LogP contribution < -0.4 is 0 Å². The molecule has 0 bridgehead atoms. The molecule has 1 fully saturated rings. The SMILES string of the molecule is CCCC1CCC(C(O)Cc2nccs2)CC1. The first-order valence-corrected chi connectivity index (χ1v) is 7.74. The minimum absolute atomic E-state index is 0.177. The minimum Gasteiger partial charge on any atom is -0.392 e. The van der Waals surface area contributed by atoms with Gasteiger partial charge in [-0.25, -0.2) is 4.98 Å². The molecule has 17 heavy (non-hydrogen) atoms. The summed E-state index contributed by atoms with van der Waals surface area (Å²) in [5, 5.41) is 13.3. The lowest BCUT2D eigenvalue weighted by Crippen LogP contribution is -2.27. The van der Waals surface area contributed by atoms with Crippen molar-refractivity contribution in [3.63, 3.8) is 0 Å². The Morgan fingerprint density at radius 1 is 1.41 bits per heavy atom. The van der Waals surface area contributed by atoms with Gasteiger partial charge in [0.25, 0.3) is 0 Å². The van der Waals surface area contributed by atoms with Crippen molar-refractivity contribution in [2.24, 2.45) is 11.8 Å². The van der Waals surface area contributed by atoms with E-state index in [2.05, 4.69) is 11.9 Å². The first kappa shape index (κ1) is 13.0. The summed E-state index contributed by atoms with van der Waals surface area (Å²) in [7, 11) is 0. The number of aliphatic hydroxyl groups is 1. The van der Waals surface area contributed by atoms with Crippen molar-refractivity contribution in [1.29, 1.82) is 0 Å². The Hall–Kier alpha value is -0.410. The third-order valence-electron chi connectivity index (χ3n) is 4.00. The zero-order valence-corrected chi connectivity index (χ0v) is 11.5. The fourth-order valence-electron chi connectivity index (χ4n) is 2.97. The number of rotatable bonds is 5. The molecule has 0 spiro atoms. The van der Waals surface area contributed by atoms with Crippen LogP contribution >= 0.6 is 11.3 Å². The average Bonchev–Trinajstić information content (AvgIpc) is 2.83. The Morgan fingerprint density at radius 2 is 2.18 bits per heavy atom. The lowest BCUT2D eigenvalue weighted by Gasteiger charge is -2.31. The second-order valence-corrected chi connectivity index (χ2v) is 6.25. The van der Waals surface area contributed by atoms with Crippen LogP contribution in [0.25, 0.3) is 0 Å². The molecule has 0 saturated heterocycles. The van der Waals surface area contributed by atoms with E-state index >= 15 is 0 Å². The maximum atomic E-state index is 10.2. The molecule has 1 N–H and O–H groups in total. The highest BCUT2D eigenvalue weighted by Crippen LogP contribution is 2.34. The van der Waals surface area contributed by atoms with Gasteiger partial charge in [0, 0.05) is 18.0 Å². The van der Waals surface area contributed by atoms with E-state index < -0.39 is 0 Å². The highest BCUT2D eigenvalue weighted by molar-refractivity contribution is 7.09. The maximum Gasteiger partial charge on any atom is 0.0950 e. The van der Waals surface area contributed by atoms with Crippen LogP contribution in [0.2, 0.25) is 0 Å². The van der Waals surface area contributed by atoms with Crippen LogP contribution in [0.5, 0.6) is 0 Å². The second-order valence-electron chi connectivity index (χ2n) is 5.27. The van der Waals surface area contributed by atoms with Crippen LogP contribution in [0.3, 0.4) is 0 Å². The summed E-state index contributed by atoms with van der Waals surface area (Å²) in [6.45, 7) is 2.27. The molecule has 0 aliphatic heterocycles. The van der Waals surface area contributed by atoms with Crippen LogP contribution in [0.15, 0.2) is 11.6 Å². The number of thiazole rings is 1. The van der Waals surface area contributed by atoms with Gasteiger partial charge in [0.2, 0.25) is 0 Å². The van der Waals surface area contributed by atoms with E-state index in [-0.39, 0.29) is 6.10 Å².